The van der Waals surface area contributed by atoms with Gasteiger partial charge in [0.15, 0.2) is 0 Å². The van der Waals surface area contributed by atoms with Crippen LogP contribution in [-0.2, 0) is 16.0 Å². The summed E-state index contributed by atoms with van der Waals surface area (Å²) in [4.78, 5) is 23.7. The average Bonchev–Trinajstić information content (AvgIpc) is 2.49. The molecule has 0 unspecified atom stereocenters. The van der Waals surface area contributed by atoms with Crippen LogP contribution >= 0.6 is 0 Å². The van der Waals surface area contributed by atoms with Gasteiger partial charge in [0, 0.05) is 5.69 Å². The molecule has 0 fully saturated rings. The van der Waals surface area contributed by atoms with Crippen molar-refractivity contribution < 1.29 is 14.0 Å². The van der Waals surface area contributed by atoms with Crippen LogP contribution in [0.1, 0.15) is 16.7 Å². The van der Waals surface area contributed by atoms with E-state index < -0.39 is 0 Å². The van der Waals surface area contributed by atoms with Crippen molar-refractivity contribution in [1.82, 2.24) is 5.32 Å². The van der Waals surface area contributed by atoms with Crippen molar-refractivity contribution in [2.24, 2.45) is 0 Å². The van der Waals surface area contributed by atoms with Crippen LogP contribution < -0.4 is 10.6 Å². The molecule has 0 saturated carbocycles. The van der Waals surface area contributed by atoms with E-state index in [4.69, 9.17) is 0 Å². The van der Waals surface area contributed by atoms with E-state index in [-0.39, 0.29) is 30.6 Å². The zero-order valence-electron chi connectivity index (χ0n) is 13.2. The first-order chi connectivity index (χ1) is 10.9. The van der Waals surface area contributed by atoms with Gasteiger partial charge in [-0.05, 0) is 48.7 Å². The van der Waals surface area contributed by atoms with Crippen LogP contribution in [0.25, 0.3) is 0 Å². The lowest BCUT2D eigenvalue weighted by Gasteiger charge is -2.10. The number of nitrogens with one attached hydrogen (secondary N) is 2. The molecule has 0 aromatic heterocycles. The minimum Gasteiger partial charge on any atom is -0.347 e. The molecule has 120 valence electrons. The number of anilines is 1. The smallest absolute Gasteiger partial charge is 0.243 e. The summed E-state index contributed by atoms with van der Waals surface area (Å²) >= 11 is 0. The van der Waals surface area contributed by atoms with E-state index in [9.17, 15) is 14.0 Å². The molecule has 0 aliphatic rings. The highest BCUT2D eigenvalue weighted by Crippen LogP contribution is 2.15. The number of aryl methyl sites for hydroxylation is 2. The first-order valence-electron chi connectivity index (χ1n) is 7.32. The van der Waals surface area contributed by atoms with Crippen molar-refractivity contribution in [2.45, 2.75) is 20.3 Å². The Labute approximate surface area is 134 Å². The lowest BCUT2D eigenvalue weighted by atomic mass is 10.1. The molecule has 0 spiro atoms. The van der Waals surface area contributed by atoms with Crippen LogP contribution in [0.5, 0.6) is 0 Å². The highest BCUT2D eigenvalue weighted by Gasteiger charge is 2.08. The zero-order chi connectivity index (χ0) is 16.8. The second-order valence-corrected chi connectivity index (χ2v) is 5.45. The van der Waals surface area contributed by atoms with Crippen molar-refractivity contribution in [3.8, 4) is 0 Å². The molecule has 0 heterocycles. The second-order valence-electron chi connectivity index (χ2n) is 5.45. The van der Waals surface area contributed by atoms with Crippen molar-refractivity contribution >= 4 is 17.5 Å². The quantitative estimate of drug-likeness (QED) is 0.891. The third-order valence-corrected chi connectivity index (χ3v) is 3.37. The Hall–Kier alpha value is -2.69. The maximum atomic E-state index is 13.0. The van der Waals surface area contributed by atoms with Gasteiger partial charge < -0.3 is 10.6 Å². The Bertz CT molecular complexity index is 729. The predicted molar refractivity (Wildman–Crippen MR) is 87.7 cm³/mol. The molecule has 23 heavy (non-hydrogen) atoms. The largest absolute Gasteiger partial charge is 0.347 e. The third-order valence-electron chi connectivity index (χ3n) is 3.37. The van der Waals surface area contributed by atoms with E-state index in [2.05, 4.69) is 10.6 Å². The first kappa shape index (κ1) is 16.7. The summed E-state index contributed by atoms with van der Waals surface area (Å²) in [7, 11) is 0. The summed E-state index contributed by atoms with van der Waals surface area (Å²) in [6.45, 7) is 3.72. The van der Waals surface area contributed by atoms with Crippen LogP contribution in [0.4, 0.5) is 10.1 Å². The molecule has 0 radical (unpaired) electrons. The van der Waals surface area contributed by atoms with Crippen molar-refractivity contribution in [2.75, 3.05) is 11.9 Å². The molecule has 0 bridgehead atoms. The summed E-state index contributed by atoms with van der Waals surface area (Å²) in [5, 5.41) is 5.30. The normalized spacial score (nSPS) is 10.2. The lowest BCUT2D eigenvalue weighted by molar-refractivity contribution is -0.123. The number of halogens is 1. The molecule has 2 rings (SSSR count). The Morgan fingerprint density at radius 2 is 1.83 bits per heavy atom. The molecule has 2 amide bonds. The van der Waals surface area contributed by atoms with Crippen LogP contribution in [0, 0.1) is 19.7 Å². The summed E-state index contributed by atoms with van der Waals surface area (Å²) in [5.41, 5.74) is 3.29. The Morgan fingerprint density at radius 1 is 1.04 bits per heavy atom. The van der Waals surface area contributed by atoms with Crippen molar-refractivity contribution in [3.63, 3.8) is 0 Å². The molecule has 4 nitrogen and oxygen atoms in total. The van der Waals surface area contributed by atoms with Gasteiger partial charge in [0.1, 0.15) is 5.82 Å². The summed E-state index contributed by atoms with van der Waals surface area (Å²) in [5.74, 6) is -1.01. The van der Waals surface area contributed by atoms with Gasteiger partial charge in [0.2, 0.25) is 11.8 Å². The highest BCUT2D eigenvalue weighted by atomic mass is 19.1. The average molecular weight is 314 g/mol. The summed E-state index contributed by atoms with van der Waals surface area (Å²) in [6.07, 6.45) is 0.0362. The molecule has 2 N–H and O–H groups in total. The molecule has 2 aromatic carbocycles. The Balaban J connectivity index is 1.84. The highest BCUT2D eigenvalue weighted by molar-refractivity contribution is 5.95. The van der Waals surface area contributed by atoms with Gasteiger partial charge in [-0.1, -0.05) is 24.3 Å². The number of hydrogen-bond donors (Lipinski definition) is 2. The molecule has 0 aliphatic carbocycles. The van der Waals surface area contributed by atoms with E-state index in [0.29, 0.717) is 5.56 Å². The Morgan fingerprint density at radius 3 is 2.57 bits per heavy atom. The molecule has 0 saturated heterocycles. The molecular formula is C18H19FN2O2. The molecule has 5 heteroatoms. The molecule has 0 atom stereocenters. The van der Waals surface area contributed by atoms with Crippen molar-refractivity contribution in [1.29, 1.82) is 0 Å². The first-order valence-corrected chi connectivity index (χ1v) is 7.32. The maximum absolute atomic E-state index is 13.0. The van der Waals surface area contributed by atoms with Gasteiger partial charge in [0.05, 0.1) is 13.0 Å². The van der Waals surface area contributed by atoms with Crippen LogP contribution in [0.2, 0.25) is 0 Å². The van der Waals surface area contributed by atoms with Gasteiger partial charge in [-0.25, -0.2) is 4.39 Å². The Kier molecular flexibility index (Phi) is 5.46. The number of carbonyl (C=O) groups excluding carboxylic acids is 2. The van der Waals surface area contributed by atoms with Gasteiger partial charge >= 0.3 is 0 Å². The minimum absolute atomic E-state index is 0.0362. The maximum Gasteiger partial charge on any atom is 0.243 e. The summed E-state index contributed by atoms with van der Waals surface area (Å²) in [6, 6.07) is 11.6. The van der Waals surface area contributed by atoms with Gasteiger partial charge in [-0.3, -0.25) is 9.59 Å². The van der Waals surface area contributed by atoms with Gasteiger partial charge in [0.25, 0.3) is 0 Å². The number of benzene rings is 2. The monoisotopic (exact) mass is 314 g/mol. The SMILES string of the molecule is Cc1ccc(C)c(NC(=O)CNC(=O)Cc2cccc(F)c2)c1. The van der Waals surface area contributed by atoms with Gasteiger partial charge in [-0.2, -0.15) is 0 Å². The van der Waals surface area contributed by atoms with E-state index in [0.717, 1.165) is 16.8 Å². The number of carbonyl (C=O) groups is 2. The molecule has 2 aromatic rings. The molecule has 0 aliphatic heterocycles. The van der Waals surface area contributed by atoms with Crippen LogP contribution in [-0.4, -0.2) is 18.4 Å². The van der Waals surface area contributed by atoms with E-state index in [1.54, 1.807) is 12.1 Å². The topological polar surface area (TPSA) is 58.2 Å². The zero-order valence-corrected chi connectivity index (χ0v) is 13.2. The fourth-order valence-corrected chi connectivity index (χ4v) is 2.14. The number of rotatable bonds is 5. The van der Waals surface area contributed by atoms with Crippen LogP contribution in [0.3, 0.4) is 0 Å². The summed E-state index contributed by atoms with van der Waals surface area (Å²) < 4.78 is 13.0. The number of amides is 2. The van der Waals surface area contributed by atoms with Gasteiger partial charge in [-0.15, -0.1) is 0 Å². The fourth-order valence-electron chi connectivity index (χ4n) is 2.14. The van der Waals surface area contributed by atoms with E-state index >= 15 is 0 Å². The standard InChI is InChI=1S/C18H19FN2O2/c1-12-6-7-13(2)16(8-12)21-18(23)11-20-17(22)10-14-4-3-5-15(19)9-14/h3-9H,10-11H2,1-2H3,(H,20,22)(H,21,23). The third kappa shape index (κ3) is 5.21. The van der Waals surface area contributed by atoms with Crippen molar-refractivity contribution in [3.05, 3.63) is 65.0 Å². The predicted octanol–water partition coefficient (Wildman–Crippen LogP) is 2.74. The second kappa shape index (κ2) is 7.54. The number of hydrogen-bond acceptors (Lipinski definition) is 2. The molecular weight excluding hydrogens is 295 g/mol. The van der Waals surface area contributed by atoms with Crippen LogP contribution in [0.15, 0.2) is 42.5 Å². The fraction of sp³-hybridized carbons (Fsp3) is 0.222. The van der Waals surface area contributed by atoms with E-state index in [1.807, 2.05) is 32.0 Å². The lowest BCUT2D eigenvalue weighted by Crippen LogP contribution is -2.33. The van der Waals surface area contributed by atoms with E-state index in [1.165, 1.54) is 12.1 Å². The minimum atomic E-state index is -0.386.